The van der Waals surface area contributed by atoms with Gasteiger partial charge in [0.25, 0.3) is 0 Å². The van der Waals surface area contributed by atoms with E-state index in [1.165, 1.54) is 0 Å². The van der Waals surface area contributed by atoms with Crippen LogP contribution in [0.25, 0.3) is 0 Å². The van der Waals surface area contributed by atoms with Crippen LogP contribution in [-0.2, 0) is 4.79 Å². The summed E-state index contributed by atoms with van der Waals surface area (Å²) in [7, 11) is 0. The maximum absolute atomic E-state index is 11.8. The van der Waals surface area contributed by atoms with E-state index in [-0.39, 0.29) is 5.54 Å². The summed E-state index contributed by atoms with van der Waals surface area (Å²) in [6.07, 6.45) is 1.81. The minimum Gasteiger partial charge on any atom is -0.479 e. The maximum atomic E-state index is 11.8. The van der Waals surface area contributed by atoms with E-state index < -0.39 is 18.0 Å². The molecule has 0 heterocycles. The van der Waals surface area contributed by atoms with Gasteiger partial charge in [-0.2, -0.15) is 0 Å². The fraction of sp³-hybridized carbons (Fsp3) is 0.385. The molecule has 0 aromatic heterocycles. The van der Waals surface area contributed by atoms with Crippen LogP contribution in [0.4, 0.5) is 4.79 Å². The first kappa shape index (κ1) is 13.7. The van der Waals surface area contributed by atoms with E-state index in [2.05, 4.69) is 10.6 Å². The van der Waals surface area contributed by atoms with Crippen molar-refractivity contribution in [3.05, 3.63) is 34.9 Å². The summed E-state index contributed by atoms with van der Waals surface area (Å²) < 4.78 is 0. The minimum absolute atomic E-state index is 0.201. The summed E-state index contributed by atoms with van der Waals surface area (Å²) in [6.45, 7) is 1.91. The highest BCUT2D eigenvalue weighted by molar-refractivity contribution is 6.31. The SMILES string of the molecule is CC1(NC(=O)N[C@@H](C(=O)O)c2ccccc2Cl)CC1. The van der Waals surface area contributed by atoms with Gasteiger partial charge in [0.05, 0.1) is 0 Å². The van der Waals surface area contributed by atoms with Crippen LogP contribution in [-0.4, -0.2) is 22.6 Å². The van der Waals surface area contributed by atoms with Gasteiger partial charge in [-0.05, 0) is 25.8 Å². The molecule has 0 aliphatic heterocycles. The van der Waals surface area contributed by atoms with Gasteiger partial charge in [-0.1, -0.05) is 29.8 Å². The highest BCUT2D eigenvalue weighted by Gasteiger charge is 2.39. The Balaban J connectivity index is 2.10. The van der Waals surface area contributed by atoms with E-state index in [1.54, 1.807) is 24.3 Å². The summed E-state index contributed by atoms with van der Waals surface area (Å²) in [6, 6.07) is 4.91. The van der Waals surface area contributed by atoms with Gasteiger partial charge in [-0.15, -0.1) is 0 Å². The second-order valence-electron chi connectivity index (χ2n) is 4.95. The Morgan fingerprint density at radius 2 is 2.00 bits per heavy atom. The predicted molar refractivity (Wildman–Crippen MR) is 71.1 cm³/mol. The van der Waals surface area contributed by atoms with Gasteiger partial charge in [-0.25, -0.2) is 9.59 Å². The number of carboxylic acids is 1. The topological polar surface area (TPSA) is 78.4 Å². The summed E-state index contributed by atoms with van der Waals surface area (Å²) >= 11 is 5.96. The molecule has 1 fully saturated rings. The van der Waals surface area contributed by atoms with E-state index in [0.717, 1.165) is 12.8 Å². The molecule has 1 atom stereocenters. The Hall–Kier alpha value is -1.75. The average Bonchev–Trinajstić information content (AvgIpc) is 3.04. The molecule has 102 valence electrons. The monoisotopic (exact) mass is 282 g/mol. The third-order valence-electron chi connectivity index (χ3n) is 3.15. The van der Waals surface area contributed by atoms with Gasteiger partial charge < -0.3 is 15.7 Å². The van der Waals surface area contributed by atoms with Gasteiger partial charge in [0.15, 0.2) is 6.04 Å². The first-order valence-electron chi connectivity index (χ1n) is 5.97. The number of nitrogens with one attached hydrogen (secondary N) is 2. The molecule has 6 heteroatoms. The number of carbonyl (C=O) groups is 2. The number of carboxylic acid groups (broad SMARTS) is 1. The molecule has 0 unspecified atom stereocenters. The first-order valence-corrected chi connectivity index (χ1v) is 6.35. The van der Waals surface area contributed by atoms with Crippen molar-refractivity contribution in [1.82, 2.24) is 10.6 Å². The van der Waals surface area contributed by atoms with Gasteiger partial charge in [0.2, 0.25) is 0 Å². The normalized spacial score (nSPS) is 17.4. The Labute approximate surface area is 116 Å². The molecule has 0 radical (unpaired) electrons. The van der Waals surface area contributed by atoms with Crippen molar-refractivity contribution in [3.8, 4) is 0 Å². The lowest BCUT2D eigenvalue weighted by molar-refractivity contribution is -0.139. The number of amides is 2. The number of halogens is 1. The number of carbonyl (C=O) groups excluding carboxylic acids is 1. The fourth-order valence-corrected chi connectivity index (χ4v) is 1.98. The molecule has 5 nitrogen and oxygen atoms in total. The zero-order chi connectivity index (χ0) is 14.0. The predicted octanol–water partition coefficient (Wildman–Crippen LogP) is 2.32. The molecular formula is C13H15ClN2O3. The van der Waals surface area contributed by atoms with E-state index in [1.807, 2.05) is 6.92 Å². The van der Waals surface area contributed by atoms with Crippen LogP contribution in [0.5, 0.6) is 0 Å². The number of hydrogen-bond donors (Lipinski definition) is 3. The third-order valence-corrected chi connectivity index (χ3v) is 3.50. The van der Waals surface area contributed by atoms with Crippen molar-refractivity contribution in [3.63, 3.8) is 0 Å². The Kier molecular flexibility index (Phi) is 3.66. The third kappa shape index (κ3) is 3.38. The van der Waals surface area contributed by atoms with Crippen LogP contribution in [0.3, 0.4) is 0 Å². The Morgan fingerprint density at radius 3 is 2.53 bits per heavy atom. The Morgan fingerprint density at radius 1 is 1.37 bits per heavy atom. The van der Waals surface area contributed by atoms with Crippen LogP contribution in [0.2, 0.25) is 5.02 Å². The molecule has 3 N–H and O–H groups in total. The molecule has 2 rings (SSSR count). The van der Waals surface area contributed by atoms with Crippen LogP contribution in [0.1, 0.15) is 31.4 Å². The highest BCUT2D eigenvalue weighted by atomic mass is 35.5. The quantitative estimate of drug-likeness (QED) is 0.793. The maximum Gasteiger partial charge on any atom is 0.331 e. The number of rotatable bonds is 4. The molecule has 2 amide bonds. The van der Waals surface area contributed by atoms with Crippen LogP contribution in [0.15, 0.2) is 24.3 Å². The second kappa shape index (κ2) is 5.09. The van der Waals surface area contributed by atoms with Gasteiger partial charge in [-0.3, -0.25) is 0 Å². The highest BCUT2D eigenvalue weighted by Crippen LogP contribution is 2.34. The zero-order valence-corrected chi connectivity index (χ0v) is 11.2. The molecule has 0 saturated heterocycles. The molecule has 0 spiro atoms. The molecule has 1 aliphatic carbocycles. The lowest BCUT2D eigenvalue weighted by atomic mass is 10.1. The van der Waals surface area contributed by atoms with Crippen molar-refractivity contribution in [1.29, 1.82) is 0 Å². The van der Waals surface area contributed by atoms with Crippen molar-refractivity contribution in [2.75, 3.05) is 0 Å². The smallest absolute Gasteiger partial charge is 0.331 e. The summed E-state index contributed by atoms with van der Waals surface area (Å²) in [5, 5.41) is 14.7. The molecule has 0 bridgehead atoms. The zero-order valence-electron chi connectivity index (χ0n) is 10.4. The van der Waals surface area contributed by atoms with Crippen LogP contribution >= 0.6 is 11.6 Å². The lowest BCUT2D eigenvalue weighted by Gasteiger charge is -2.18. The molecule has 1 aromatic carbocycles. The second-order valence-corrected chi connectivity index (χ2v) is 5.36. The molecule has 1 saturated carbocycles. The summed E-state index contributed by atoms with van der Waals surface area (Å²) in [5.41, 5.74) is 0.168. The average molecular weight is 283 g/mol. The Bertz CT molecular complexity index is 514. The number of benzene rings is 1. The van der Waals surface area contributed by atoms with E-state index in [4.69, 9.17) is 11.6 Å². The fourth-order valence-electron chi connectivity index (χ4n) is 1.74. The van der Waals surface area contributed by atoms with Gasteiger partial charge in [0.1, 0.15) is 0 Å². The van der Waals surface area contributed by atoms with Crippen molar-refractivity contribution < 1.29 is 14.7 Å². The van der Waals surface area contributed by atoms with Crippen molar-refractivity contribution in [2.45, 2.75) is 31.3 Å². The van der Waals surface area contributed by atoms with Crippen LogP contribution in [0, 0.1) is 0 Å². The minimum atomic E-state index is -1.16. The number of aliphatic carboxylic acids is 1. The molecule has 1 aliphatic rings. The standard InChI is InChI=1S/C13H15ClN2O3/c1-13(6-7-13)16-12(19)15-10(11(17)18)8-4-2-3-5-9(8)14/h2-5,10H,6-7H2,1H3,(H,17,18)(H2,15,16,19)/t10-/m1/s1. The van der Waals surface area contributed by atoms with Gasteiger partial charge >= 0.3 is 12.0 Å². The van der Waals surface area contributed by atoms with Gasteiger partial charge in [0, 0.05) is 16.1 Å². The summed E-state index contributed by atoms with van der Waals surface area (Å²) in [5.74, 6) is -1.15. The lowest BCUT2D eigenvalue weighted by Crippen LogP contribution is -2.45. The molecule has 19 heavy (non-hydrogen) atoms. The number of urea groups is 1. The van der Waals surface area contributed by atoms with Crippen molar-refractivity contribution in [2.24, 2.45) is 0 Å². The van der Waals surface area contributed by atoms with E-state index >= 15 is 0 Å². The molecule has 1 aromatic rings. The van der Waals surface area contributed by atoms with E-state index in [9.17, 15) is 14.7 Å². The van der Waals surface area contributed by atoms with Crippen LogP contribution < -0.4 is 10.6 Å². The number of hydrogen-bond acceptors (Lipinski definition) is 2. The summed E-state index contributed by atoms with van der Waals surface area (Å²) in [4.78, 5) is 23.0. The molecular weight excluding hydrogens is 268 g/mol. The van der Waals surface area contributed by atoms with E-state index in [0.29, 0.717) is 10.6 Å². The largest absolute Gasteiger partial charge is 0.479 e. The van der Waals surface area contributed by atoms with Crippen molar-refractivity contribution >= 4 is 23.6 Å². The first-order chi connectivity index (χ1) is 8.91.